The molecule has 2 aromatic rings. The largest absolute Gasteiger partial charge is 0.450 e. The third-order valence-corrected chi connectivity index (χ3v) is 5.00. The van der Waals surface area contributed by atoms with Crippen LogP contribution in [0.5, 0.6) is 0 Å². The van der Waals surface area contributed by atoms with Gasteiger partial charge in [0.2, 0.25) is 0 Å². The van der Waals surface area contributed by atoms with Gasteiger partial charge >= 0.3 is 6.09 Å². The van der Waals surface area contributed by atoms with E-state index in [2.05, 4.69) is 11.5 Å². The maximum absolute atomic E-state index is 12.3. The van der Waals surface area contributed by atoms with Gasteiger partial charge in [0, 0.05) is 22.8 Å². The third-order valence-electron chi connectivity index (χ3n) is 4.07. The predicted octanol–water partition coefficient (Wildman–Crippen LogP) is 4.97. The molecule has 1 atom stereocenters. The van der Waals surface area contributed by atoms with Crippen molar-refractivity contribution in [3.8, 4) is 0 Å². The highest BCUT2D eigenvalue weighted by molar-refractivity contribution is 7.08. The van der Waals surface area contributed by atoms with Gasteiger partial charge in [-0.05, 0) is 59.5 Å². The van der Waals surface area contributed by atoms with E-state index in [1.165, 1.54) is 0 Å². The minimum Gasteiger partial charge on any atom is -0.450 e. The number of carbonyl (C=O) groups is 1. The molecule has 2 N–H and O–H groups in total. The number of nitrogens with two attached hydrogens (primary N) is 1. The molecule has 6 heteroatoms. The zero-order valence-electron chi connectivity index (χ0n) is 13.4. The molecule has 0 saturated heterocycles. The van der Waals surface area contributed by atoms with Crippen molar-refractivity contribution in [1.29, 1.82) is 0 Å². The summed E-state index contributed by atoms with van der Waals surface area (Å²) in [5.74, 6) is 0. The topological polar surface area (TPSA) is 55.6 Å². The number of nitrogen functional groups attached to an aromatic ring is 1. The van der Waals surface area contributed by atoms with E-state index in [0.29, 0.717) is 30.3 Å². The van der Waals surface area contributed by atoms with Crippen LogP contribution in [-0.2, 0) is 4.74 Å². The SMILES string of the molecule is CCOC(=O)N1CCC(c2cc(Cl)ccc2N)=CC1c1ccsc1. The number of nitrogens with zero attached hydrogens (tertiary/aromatic N) is 1. The quantitative estimate of drug-likeness (QED) is 0.784. The number of thiophene rings is 1. The van der Waals surface area contributed by atoms with Gasteiger partial charge in [0.1, 0.15) is 0 Å². The van der Waals surface area contributed by atoms with E-state index in [-0.39, 0.29) is 12.1 Å². The molecule has 1 aliphatic heterocycles. The number of ether oxygens (including phenoxy) is 1. The van der Waals surface area contributed by atoms with Crippen LogP contribution in [0.2, 0.25) is 5.02 Å². The number of hydrogen-bond donors (Lipinski definition) is 1. The van der Waals surface area contributed by atoms with E-state index < -0.39 is 0 Å². The smallest absolute Gasteiger partial charge is 0.410 e. The van der Waals surface area contributed by atoms with Crippen molar-refractivity contribution in [2.45, 2.75) is 19.4 Å². The van der Waals surface area contributed by atoms with E-state index in [1.807, 2.05) is 30.5 Å². The molecule has 2 heterocycles. The average molecular weight is 363 g/mol. The van der Waals surface area contributed by atoms with E-state index in [1.54, 1.807) is 22.3 Å². The molecule has 24 heavy (non-hydrogen) atoms. The summed E-state index contributed by atoms with van der Waals surface area (Å²) in [6.45, 7) is 2.76. The molecule has 0 spiro atoms. The Bertz CT molecular complexity index is 758. The molecule has 0 aliphatic carbocycles. The Kier molecular flexibility index (Phi) is 5.11. The van der Waals surface area contributed by atoms with Crippen LogP contribution in [-0.4, -0.2) is 24.1 Å². The molecule has 1 aromatic heterocycles. The molecule has 1 aromatic carbocycles. The number of carbonyl (C=O) groups excluding carboxylic acids is 1. The van der Waals surface area contributed by atoms with Crippen molar-refractivity contribution >= 4 is 40.3 Å². The summed E-state index contributed by atoms with van der Waals surface area (Å²) in [6, 6.07) is 7.36. The molecule has 126 valence electrons. The summed E-state index contributed by atoms with van der Waals surface area (Å²) in [6.07, 6.45) is 2.51. The van der Waals surface area contributed by atoms with Crippen LogP contribution in [0.4, 0.5) is 10.5 Å². The number of hydrogen-bond acceptors (Lipinski definition) is 4. The standard InChI is InChI=1S/C18H19ClN2O2S/c1-2-23-18(22)21-7-5-12(9-17(21)13-6-8-24-11-13)15-10-14(19)3-4-16(15)20/h3-4,6,8-11,17H,2,5,7,20H2,1H3. The molecule has 0 saturated carbocycles. The second-order valence-electron chi connectivity index (χ2n) is 5.57. The van der Waals surface area contributed by atoms with Crippen LogP contribution >= 0.6 is 22.9 Å². The van der Waals surface area contributed by atoms with Gasteiger partial charge in [0.05, 0.1) is 12.6 Å². The highest BCUT2D eigenvalue weighted by Crippen LogP contribution is 2.37. The van der Waals surface area contributed by atoms with Gasteiger partial charge in [-0.15, -0.1) is 0 Å². The van der Waals surface area contributed by atoms with Crippen LogP contribution in [0.25, 0.3) is 5.57 Å². The lowest BCUT2D eigenvalue weighted by atomic mass is 9.93. The van der Waals surface area contributed by atoms with Crippen molar-refractivity contribution in [2.24, 2.45) is 0 Å². The summed E-state index contributed by atoms with van der Waals surface area (Å²) in [5, 5.41) is 4.71. The molecule has 0 fully saturated rings. The molecule has 1 unspecified atom stereocenters. The maximum Gasteiger partial charge on any atom is 0.410 e. The molecule has 3 rings (SSSR count). The molecular formula is C18H19ClN2O2S. The number of rotatable bonds is 3. The lowest BCUT2D eigenvalue weighted by Gasteiger charge is -2.33. The van der Waals surface area contributed by atoms with E-state index in [4.69, 9.17) is 22.1 Å². The Morgan fingerprint density at radius 3 is 3.00 bits per heavy atom. The molecule has 0 bridgehead atoms. The summed E-state index contributed by atoms with van der Waals surface area (Å²) < 4.78 is 5.21. The Morgan fingerprint density at radius 2 is 2.29 bits per heavy atom. The second-order valence-corrected chi connectivity index (χ2v) is 6.78. The first kappa shape index (κ1) is 16.9. The summed E-state index contributed by atoms with van der Waals surface area (Å²) in [4.78, 5) is 14.1. The number of benzene rings is 1. The number of anilines is 1. The Balaban J connectivity index is 1.99. The van der Waals surface area contributed by atoms with Gasteiger partial charge < -0.3 is 10.5 Å². The van der Waals surface area contributed by atoms with Crippen molar-refractivity contribution in [1.82, 2.24) is 4.90 Å². The van der Waals surface area contributed by atoms with Crippen LogP contribution in [0.1, 0.15) is 30.5 Å². The normalized spacial score (nSPS) is 17.5. The lowest BCUT2D eigenvalue weighted by Crippen LogP contribution is -2.37. The first-order valence-corrected chi connectivity index (χ1v) is 9.13. The third kappa shape index (κ3) is 3.42. The van der Waals surface area contributed by atoms with Crippen LogP contribution in [0.3, 0.4) is 0 Å². The summed E-state index contributed by atoms with van der Waals surface area (Å²) in [5.41, 5.74) is 9.93. The molecule has 1 aliphatic rings. The molecule has 1 amide bonds. The first-order valence-electron chi connectivity index (χ1n) is 7.81. The predicted molar refractivity (Wildman–Crippen MR) is 99.2 cm³/mol. The van der Waals surface area contributed by atoms with E-state index in [0.717, 1.165) is 16.7 Å². The monoisotopic (exact) mass is 362 g/mol. The Labute approximate surface area is 150 Å². The minimum atomic E-state index is -0.289. The zero-order chi connectivity index (χ0) is 17.1. The zero-order valence-corrected chi connectivity index (χ0v) is 14.9. The Hall–Kier alpha value is -1.98. The van der Waals surface area contributed by atoms with Crippen molar-refractivity contribution in [3.63, 3.8) is 0 Å². The average Bonchev–Trinajstić information content (AvgIpc) is 3.11. The van der Waals surface area contributed by atoms with Crippen molar-refractivity contribution in [2.75, 3.05) is 18.9 Å². The Morgan fingerprint density at radius 1 is 1.46 bits per heavy atom. The van der Waals surface area contributed by atoms with E-state index >= 15 is 0 Å². The minimum absolute atomic E-state index is 0.155. The van der Waals surface area contributed by atoms with Crippen LogP contribution in [0, 0.1) is 0 Å². The number of halogens is 1. The molecular weight excluding hydrogens is 344 g/mol. The fourth-order valence-corrected chi connectivity index (χ4v) is 3.77. The van der Waals surface area contributed by atoms with Gasteiger partial charge in [-0.2, -0.15) is 11.3 Å². The lowest BCUT2D eigenvalue weighted by molar-refractivity contribution is 0.0969. The summed E-state index contributed by atoms with van der Waals surface area (Å²) in [7, 11) is 0. The van der Waals surface area contributed by atoms with Gasteiger partial charge in [-0.25, -0.2) is 4.79 Å². The fraction of sp³-hybridized carbons (Fsp3) is 0.278. The van der Waals surface area contributed by atoms with Crippen molar-refractivity contribution < 1.29 is 9.53 Å². The molecule has 4 nitrogen and oxygen atoms in total. The number of amides is 1. The van der Waals surface area contributed by atoms with E-state index in [9.17, 15) is 4.79 Å². The van der Waals surface area contributed by atoms with Crippen LogP contribution < -0.4 is 5.73 Å². The van der Waals surface area contributed by atoms with Gasteiger partial charge in [-0.1, -0.05) is 17.7 Å². The van der Waals surface area contributed by atoms with Gasteiger partial charge in [-0.3, -0.25) is 4.90 Å². The molecule has 0 radical (unpaired) electrons. The summed E-state index contributed by atoms with van der Waals surface area (Å²) >= 11 is 7.74. The maximum atomic E-state index is 12.3. The highest BCUT2D eigenvalue weighted by Gasteiger charge is 2.29. The van der Waals surface area contributed by atoms with Gasteiger partial charge in [0.15, 0.2) is 0 Å². The van der Waals surface area contributed by atoms with Crippen LogP contribution in [0.15, 0.2) is 41.1 Å². The van der Waals surface area contributed by atoms with Crippen molar-refractivity contribution in [3.05, 3.63) is 57.3 Å². The highest BCUT2D eigenvalue weighted by atomic mass is 35.5. The first-order chi connectivity index (χ1) is 11.6. The fourth-order valence-electron chi connectivity index (χ4n) is 2.91. The van der Waals surface area contributed by atoms with Gasteiger partial charge in [0.25, 0.3) is 0 Å². The second kappa shape index (κ2) is 7.28.